The van der Waals surface area contributed by atoms with Crippen LogP contribution in [0.5, 0.6) is 5.75 Å². The summed E-state index contributed by atoms with van der Waals surface area (Å²) in [5.41, 5.74) is -0.249. The highest BCUT2D eigenvalue weighted by Crippen LogP contribution is 2.18. The highest BCUT2D eigenvalue weighted by atomic mass is 16.6. The molecule has 1 rings (SSSR count). The van der Waals surface area contributed by atoms with Crippen LogP contribution in [0.3, 0.4) is 0 Å². The van der Waals surface area contributed by atoms with Gasteiger partial charge in [0.25, 0.3) is 0 Å². The van der Waals surface area contributed by atoms with Crippen LogP contribution in [-0.4, -0.2) is 28.1 Å². The van der Waals surface area contributed by atoms with Gasteiger partial charge in [0, 0.05) is 6.20 Å². The van der Waals surface area contributed by atoms with Crippen molar-refractivity contribution in [2.75, 3.05) is 0 Å². The van der Waals surface area contributed by atoms with Crippen LogP contribution >= 0.6 is 0 Å². The second-order valence-electron chi connectivity index (χ2n) is 4.67. The van der Waals surface area contributed by atoms with Crippen molar-refractivity contribution in [2.24, 2.45) is 0 Å². The van der Waals surface area contributed by atoms with Crippen molar-refractivity contribution in [2.45, 2.75) is 32.9 Å². The first-order valence-electron chi connectivity index (χ1n) is 5.42. The average molecular weight is 252 g/mol. The number of amides is 1. The van der Waals surface area contributed by atoms with E-state index < -0.39 is 11.7 Å². The fourth-order valence-electron chi connectivity index (χ4n) is 1.21. The highest BCUT2D eigenvalue weighted by Gasteiger charge is 2.16. The third-order valence-electron chi connectivity index (χ3n) is 1.96. The molecule has 0 aliphatic heterocycles. The monoisotopic (exact) mass is 252 g/mol. The van der Waals surface area contributed by atoms with E-state index in [9.17, 15) is 14.7 Å². The van der Waals surface area contributed by atoms with Crippen LogP contribution in [-0.2, 0) is 11.3 Å². The lowest BCUT2D eigenvalue weighted by molar-refractivity contribution is 0.0522. The van der Waals surface area contributed by atoms with Crippen molar-refractivity contribution in [3.8, 4) is 5.75 Å². The summed E-state index contributed by atoms with van der Waals surface area (Å²) in [6.07, 6.45) is 1.30. The van der Waals surface area contributed by atoms with Gasteiger partial charge in [-0.3, -0.25) is 9.78 Å². The zero-order valence-corrected chi connectivity index (χ0v) is 10.6. The minimum Gasteiger partial charge on any atom is -0.505 e. The van der Waals surface area contributed by atoms with E-state index in [2.05, 4.69) is 10.3 Å². The van der Waals surface area contributed by atoms with E-state index in [4.69, 9.17) is 4.74 Å². The molecule has 0 saturated carbocycles. The Morgan fingerprint density at radius 3 is 2.78 bits per heavy atom. The van der Waals surface area contributed by atoms with E-state index in [1.54, 1.807) is 20.8 Å². The summed E-state index contributed by atoms with van der Waals surface area (Å²) in [6.45, 7) is 5.22. The maximum atomic E-state index is 11.4. The smallest absolute Gasteiger partial charge is 0.407 e. The third-order valence-corrected chi connectivity index (χ3v) is 1.96. The Balaban J connectivity index is 2.64. The van der Waals surface area contributed by atoms with Gasteiger partial charge in [-0.25, -0.2) is 4.79 Å². The van der Waals surface area contributed by atoms with Crippen LogP contribution in [0, 0.1) is 0 Å². The molecule has 0 radical (unpaired) electrons. The minimum atomic E-state index is -0.611. The second-order valence-corrected chi connectivity index (χ2v) is 4.67. The molecule has 6 nitrogen and oxygen atoms in total. The first-order chi connectivity index (χ1) is 8.33. The van der Waals surface area contributed by atoms with Crippen LogP contribution in [0.15, 0.2) is 12.3 Å². The molecule has 0 aromatic carbocycles. The molecule has 0 atom stereocenters. The van der Waals surface area contributed by atoms with Crippen LogP contribution in [0.2, 0.25) is 0 Å². The SMILES string of the molecule is CC(C)(C)OC(=O)NCc1nccc(C=O)c1O. The van der Waals surface area contributed by atoms with Crippen molar-refractivity contribution in [3.63, 3.8) is 0 Å². The molecule has 18 heavy (non-hydrogen) atoms. The molecule has 98 valence electrons. The fourth-order valence-corrected chi connectivity index (χ4v) is 1.21. The van der Waals surface area contributed by atoms with Gasteiger partial charge < -0.3 is 15.2 Å². The van der Waals surface area contributed by atoms with E-state index >= 15 is 0 Å². The number of aromatic hydroxyl groups is 1. The van der Waals surface area contributed by atoms with Crippen molar-refractivity contribution in [1.29, 1.82) is 0 Å². The molecule has 0 unspecified atom stereocenters. The quantitative estimate of drug-likeness (QED) is 0.798. The van der Waals surface area contributed by atoms with Crippen molar-refractivity contribution in [1.82, 2.24) is 10.3 Å². The number of ether oxygens (including phenoxy) is 1. The molecular weight excluding hydrogens is 236 g/mol. The summed E-state index contributed by atoms with van der Waals surface area (Å²) in [7, 11) is 0. The number of nitrogens with one attached hydrogen (secondary N) is 1. The number of aromatic nitrogens is 1. The Hall–Kier alpha value is -2.11. The van der Waals surface area contributed by atoms with Crippen LogP contribution < -0.4 is 5.32 Å². The summed E-state index contributed by atoms with van der Waals surface area (Å²) < 4.78 is 5.03. The lowest BCUT2D eigenvalue weighted by atomic mass is 10.2. The van der Waals surface area contributed by atoms with Crippen LogP contribution in [0.1, 0.15) is 36.8 Å². The van der Waals surface area contributed by atoms with E-state index in [0.717, 1.165) is 0 Å². The van der Waals surface area contributed by atoms with Gasteiger partial charge in [-0.05, 0) is 26.8 Å². The standard InChI is InChI=1S/C12H16N2O4/c1-12(2,3)18-11(17)14-6-9-10(16)8(7-15)4-5-13-9/h4-5,7,16H,6H2,1-3H3,(H,14,17). The normalized spacial score (nSPS) is 10.8. The zero-order chi connectivity index (χ0) is 13.8. The lowest BCUT2D eigenvalue weighted by Crippen LogP contribution is -2.32. The Bertz CT molecular complexity index is 452. The Morgan fingerprint density at radius 2 is 2.22 bits per heavy atom. The lowest BCUT2D eigenvalue weighted by Gasteiger charge is -2.19. The summed E-state index contributed by atoms with van der Waals surface area (Å²) in [5, 5.41) is 12.1. The van der Waals surface area contributed by atoms with E-state index in [1.807, 2.05) is 0 Å². The predicted octanol–water partition coefficient (Wildman–Crippen LogP) is 1.62. The molecule has 0 fully saturated rings. The molecule has 1 aromatic rings. The van der Waals surface area contributed by atoms with Crippen LogP contribution in [0.4, 0.5) is 4.79 Å². The first kappa shape index (κ1) is 14.0. The number of alkyl carbamates (subject to hydrolysis) is 1. The molecule has 1 heterocycles. The number of pyridine rings is 1. The molecule has 6 heteroatoms. The topological polar surface area (TPSA) is 88.5 Å². The molecule has 0 bridgehead atoms. The van der Waals surface area contributed by atoms with E-state index in [1.165, 1.54) is 12.3 Å². The van der Waals surface area contributed by atoms with Crippen LogP contribution in [0.25, 0.3) is 0 Å². The van der Waals surface area contributed by atoms with Gasteiger partial charge >= 0.3 is 6.09 Å². The predicted molar refractivity (Wildman–Crippen MR) is 64.4 cm³/mol. The summed E-state index contributed by atoms with van der Waals surface area (Å²) in [5.74, 6) is -0.233. The van der Waals surface area contributed by atoms with Gasteiger partial charge in [0.2, 0.25) is 0 Å². The zero-order valence-electron chi connectivity index (χ0n) is 10.6. The minimum absolute atomic E-state index is 0.0115. The van der Waals surface area contributed by atoms with E-state index in [-0.39, 0.29) is 23.6 Å². The average Bonchev–Trinajstić information content (AvgIpc) is 2.25. The van der Waals surface area contributed by atoms with E-state index in [0.29, 0.717) is 6.29 Å². The van der Waals surface area contributed by atoms with Gasteiger partial charge in [-0.2, -0.15) is 0 Å². The molecule has 2 N–H and O–H groups in total. The maximum absolute atomic E-state index is 11.4. The Morgan fingerprint density at radius 1 is 1.56 bits per heavy atom. The molecule has 1 aromatic heterocycles. The van der Waals surface area contributed by atoms with Crippen molar-refractivity contribution < 1.29 is 19.4 Å². The van der Waals surface area contributed by atoms with Gasteiger partial charge in [0.15, 0.2) is 6.29 Å². The number of hydrogen-bond acceptors (Lipinski definition) is 5. The van der Waals surface area contributed by atoms with Gasteiger partial charge in [0.05, 0.1) is 12.1 Å². The molecule has 0 aliphatic rings. The third kappa shape index (κ3) is 4.04. The second kappa shape index (κ2) is 5.48. The van der Waals surface area contributed by atoms with Crippen molar-refractivity contribution in [3.05, 3.63) is 23.5 Å². The Labute approximate surface area is 105 Å². The molecule has 0 spiro atoms. The van der Waals surface area contributed by atoms with Gasteiger partial charge in [-0.15, -0.1) is 0 Å². The summed E-state index contributed by atoms with van der Waals surface area (Å²) in [6, 6.07) is 1.39. The maximum Gasteiger partial charge on any atom is 0.407 e. The summed E-state index contributed by atoms with van der Waals surface area (Å²) in [4.78, 5) is 25.9. The number of nitrogens with zero attached hydrogens (tertiary/aromatic N) is 1. The summed E-state index contributed by atoms with van der Waals surface area (Å²) >= 11 is 0. The number of carbonyl (C=O) groups excluding carboxylic acids is 2. The molecular formula is C12H16N2O4. The Kier molecular flexibility index (Phi) is 4.25. The number of hydrogen-bond donors (Lipinski definition) is 2. The highest BCUT2D eigenvalue weighted by molar-refractivity contribution is 5.79. The molecule has 1 amide bonds. The number of carbonyl (C=O) groups is 2. The van der Waals surface area contributed by atoms with Gasteiger partial charge in [0.1, 0.15) is 17.0 Å². The first-order valence-corrected chi connectivity index (χ1v) is 5.42. The van der Waals surface area contributed by atoms with Crippen molar-refractivity contribution >= 4 is 12.4 Å². The number of aldehydes is 1. The largest absolute Gasteiger partial charge is 0.505 e. The fraction of sp³-hybridized carbons (Fsp3) is 0.417. The molecule has 0 saturated heterocycles. The number of rotatable bonds is 3. The molecule has 0 aliphatic carbocycles. The van der Waals surface area contributed by atoms with Gasteiger partial charge in [-0.1, -0.05) is 0 Å².